The van der Waals surface area contributed by atoms with Gasteiger partial charge < -0.3 is 29.5 Å². The molecule has 498 valence electrons. The van der Waals surface area contributed by atoms with Gasteiger partial charge in [-0.25, -0.2) is 27.0 Å². The highest BCUT2D eigenvalue weighted by molar-refractivity contribution is 7.95. The second-order valence-electron chi connectivity index (χ2n) is 28.2. The van der Waals surface area contributed by atoms with Gasteiger partial charge in [-0.05, 0) is 210 Å². The number of ketones is 3. The molecule has 3 aromatic heterocycles. The molecule has 0 bridgehead atoms. The molecule has 6 aromatic rings. The molecule has 3 aromatic carbocycles. The molecule has 3 saturated heterocycles. The first kappa shape index (κ1) is 67.0. The molecule has 0 unspecified atom stereocenters. The zero-order valence-corrected chi connectivity index (χ0v) is 58.0. The number of carbonyl (C=O) groups is 3. The summed E-state index contributed by atoms with van der Waals surface area (Å²) in [6, 6.07) is 23.3. The fourth-order valence-electron chi connectivity index (χ4n) is 14.9. The number of Topliss-reactive ketones (excluding diaryl/α,β-unsaturated/α-hetero) is 3. The number of rotatable bonds is 24. The summed E-state index contributed by atoms with van der Waals surface area (Å²) < 4.78 is 81.0. The van der Waals surface area contributed by atoms with Gasteiger partial charge in [-0.2, -0.15) is 0 Å². The number of ether oxygens (including phenoxy) is 3. The quantitative estimate of drug-likeness (QED) is 0.0331. The van der Waals surface area contributed by atoms with Crippen LogP contribution in [0.25, 0.3) is 0 Å². The monoisotopic (exact) mass is 1380 g/mol. The molecule has 6 N–H and O–H groups in total. The number of thiophene rings is 3. The van der Waals surface area contributed by atoms with E-state index in [1.807, 2.05) is 0 Å². The van der Waals surface area contributed by atoms with Crippen molar-refractivity contribution in [1.29, 1.82) is 14.3 Å². The molecule has 0 radical (unpaired) electrons. The molecule has 6 heterocycles. The summed E-state index contributed by atoms with van der Waals surface area (Å²) >= 11 is 3.50. The SMILES string of the molecule is C[C@H](c1ccc2c(c1CC(=O)C[S@](=N)(=O)c1ccc(C3(O)COC3)s1)CCC2)C1CC1.N=[S@@](=O)(CC(=O)Cc1c(CC2CCC2)ccc2c1CCC2)c1ccc(C2(O)COC2)s1.N=[S@](=O)(CC(=O)Cc1c(CC2CCC2)ccc2c1CCC2)c1ccc(C2(O)COC2)s1. The minimum absolute atomic E-state index is 0.129. The third-order valence-electron chi connectivity index (χ3n) is 21.1. The molecule has 15 rings (SSSR count). The van der Waals surface area contributed by atoms with Crippen molar-refractivity contribution in [1.82, 2.24) is 0 Å². The maximum absolute atomic E-state index is 13.1. The standard InChI is InChI=1S/3C24H29NO4S2/c1-15(16-5-6-16)19-8-7-17-3-2-4-20(17)21(19)11-18(26)12-31(25,28)23-10-9-22(30-23)24(27)13-29-14-24;2*25-31(28,23-10-9-22(30-23)24(27)14-29-15-24)13-19(26)12-21-18(11-16-3-1-4-16)8-7-17-5-2-6-20(17)21/h7-10,15-16,25,27H,2-6,11-14H2,1H3;2*7-10,16,25,27H,1-6,11-15H2/t15-,31-;2*31-/m010/s1. The Labute approximate surface area is 559 Å². The van der Waals surface area contributed by atoms with Crippen molar-refractivity contribution in [2.24, 2.45) is 17.8 Å². The van der Waals surface area contributed by atoms with Crippen molar-refractivity contribution in [2.45, 2.75) is 184 Å². The number of hydrogen-bond acceptors (Lipinski definition) is 18. The number of aliphatic hydroxyl groups is 3. The van der Waals surface area contributed by atoms with E-state index in [2.05, 4.69) is 43.3 Å². The Kier molecular flexibility index (Phi) is 19.4. The zero-order valence-electron chi connectivity index (χ0n) is 53.1. The second kappa shape index (κ2) is 27.0. The van der Waals surface area contributed by atoms with Crippen LogP contribution in [-0.4, -0.2) is 102 Å². The lowest BCUT2D eigenvalue weighted by molar-refractivity contribution is -0.182. The summed E-state index contributed by atoms with van der Waals surface area (Å²) in [5, 5.41) is 31.3. The van der Waals surface area contributed by atoms with Gasteiger partial charge in [0, 0.05) is 33.9 Å². The molecule has 3 aliphatic heterocycles. The van der Waals surface area contributed by atoms with Crippen molar-refractivity contribution in [3.8, 4) is 0 Å². The fourth-order valence-corrected chi connectivity index (χ4v) is 23.2. The molecule has 93 heavy (non-hydrogen) atoms. The molecule has 9 aliphatic rings. The van der Waals surface area contributed by atoms with Crippen molar-refractivity contribution in [3.05, 3.63) is 154 Å². The van der Waals surface area contributed by atoms with Crippen molar-refractivity contribution >= 4 is 80.5 Å². The van der Waals surface area contributed by atoms with Crippen LogP contribution in [0.15, 0.2) is 85.4 Å². The summed E-state index contributed by atoms with van der Waals surface area (Å²) in [4.78, 5) is 41.1. The Morgan fingerprint density at radius 1 is 0.462 bits per heavy atom. The largest absolute Gasteiger partial charge is 0.379 e. The number of hydrogen-bond donors (Lipinski definition) is 6. The first-order valence-electron chi connectivity index (χ1n) is 33.4. The summed E-state index contributed by atoms with van der Waals surface area (Å²) in [6.45, 7) is 3.56. The van der Waals surface area contributed by atoms with E-state index in [4.69, 9.17) is 28.5 Å². The van der Waals surface area contributed by atoms with E-state index in [0.29, 0.717) is 39.1 Å². The molecule has 0 amide bonds. The highest BCUT2D eigenvalue weighted by atomic mass is 32.2. The van der Waals surface area contributed by atoms with Gasteiger partial charge >= 0.3 is 0 Å². The third kappa shape index (κ3) is 14.5. The normalized spacial score (nSPS) is 21.9. The number of carbonyl (C=O) groups excluding carboxylic acids is 3. The molecule has 3 saturated carbocycles. The van der Waals surface area contributed by atoms with Crippen LogP contribution < -0.4 is 0 Å². The number of fused-ring (bicyclic) bond motifs is 3. The first-order chi connectivity index (χ1) is 44.4. The van der Waals surface area contributed by atoms with E-state index in [-0.39, 0.29) is 93.5 Å². The Balaban J connectivity index is 0.000000127. The molecule has 6 aliphatic carbocycles. The highest BCUT2D eigenvalue weighted by Gasteiger charge is 2.43. The smallest absolute Gasteiger partial charge is 0.151 e. The van der Waals surface area contributed by atoms with E-state index in [1.54, 1.807) is 36.4 Å². The van der Waals surface area contributed by atoms with Crippen LogP contribution in [0.2, 0.25) is 0 Å². The van der Waals surface area contributed by atoms with E-state index in [0.717, 1.165) is 99.2 Å². The third-order valence-corrected chi connectivity index (χ3v) is 32.0. The first-order valence-corrected chi connectivity index (χ1v) is 41.0. The van der Waals surface area contributed by atoms with Crippen molar-refractivity contribution in [2.75, 3.05) is 56.9 Å². The maximum Gasteiger partial charge on any atom is 0.151 e. The van der Waals surface area contributed by atoms with Crippen LogP contribution in [0.5, 0.6) is 0 Å². The van der Waals surface area contributed by atoms with E-state index in [1.165, 1.54) is 135 Å². The lowest BCUT2D eigenvalue weighted by Crippen LogP contribution is -2.45. The molecule has 4 atom stereocenters. The summed E-state index contributed by atoms with van der Waals surface area (Å²) in [6.07, 6.45) is 22.7. The zero-order chi connectivity index (χ0) is 65.1. The van der Waals surface area contributed by atoms with Gasteiger partial charge in [0.25, 0.3) is 0 Å². The number of benzene rings is 3. The van der Waals surface area contributed by atoms with Gasteiger partial charge in [0.05, 0.1) is 86.1 Å². The summed E-state index contributed by atoms with van der Waals surface area (Å²) in [5.74, 6) is 1.39. The van der Waals surface area contributed by atoms with E-state index >= 15 is 0 Å². The average molecular weight is 1380 g/mol. The van der Waals surface area contributed by atoms with E-state index in [9.17, 15) is 42.3 Å². The fraction of sp³-hybridized carbons (Fsp3) is 0.542. The average Bonchev–Trinajstić information content (AvgIpc) is 1.73. The predicted molar refractivity (Wildman–Crippen MR) is 364 cm³/mol. The van der Waals surface area contributed by atoms with Crippen LogP contribution in [0.4, 0.5) is 0 Å². The van der Waals surface area contributed by atoms with Crippen LogP contribution in [-0.2, 0) is 145 Å². The molecule has 15 nitrogen and oxygen atoms in total. The highest BCUT2D eigenvalue weighted by Crippen LogP contribution is 2.46. The minimum atomic E-state index is -3.24. The molecule has 6 fully saturated rings. The number of aryl methyl sites for hydroxylation is 3. The maximum atomic E-state index is 13.1. The predicted octanol–water partition coefficient (Wildman–Crippen LogP) is 12.2. The molecule has 0 spiro atoms. The number of nitrogens with one attached hydrogen (secondary N) is 3. The molecular formula is C72H87N3O12S6. The Hall–Kier alpha value is -4.62. The molecular weight excluding hydrogens is 1290 g/mol. The van der Waals surface area contributed by atoms with Gasteiger partial charge in [0.15, 0.2) is 17.3 Å². The van der Waals surface area contributed by atoms with E-state index < -0.39 is 46.0 Å². The Morgan fingerprint density at radius 3 is 1.11 bits per heavy atom. The molecule has 21 heteroatoms. The Bertz CT molecular complexity index is 4020. The van der Waals surface area contributed by atoms with Crippen LogP contribution >= 0.6 is 34.0 Å². The minimum Gasteiger partial charge on any atom is -0.379 e. The van der Waals surface area contributed by atoms with Crippen LogP contribution in [0.1, 0.15) is 165 Å². The van der Waals surface area contributed by atoms with Gasteiger partial charge in [0.1, 0.15) is 29.4 Å². The second-order valence-corrected chi connectivity index (χ2v) is 38.4. The summed E-state index contributed by atoms with van der Waals surface area (Å²) in [7, 11) is -9.70. The van der Waals surface area contributed by atoms with Gasteiger partial charge in [-0.3, -0.25) is 14.4 Å². The Morgan fingerprint density at radius 2 is 0.796 bits per heavy atom. The lowest BCUT2D eigenvalue weighted by atomic mass is 9.79. The van der Waals surface area contributed by atoms with Crippen LogP contribution in [0, 0.1) is 32.1 Å². The van der Waals surface area contributed by atoms with Gasteiger partial charge in [-0.1, -0.05) is 81.8 Å². The van der Waals surface area contributed by atoms with Crippen molar-refractivity contribution in [3.63, 3.8) is 0 Å². The van der Waals surface area contributed by atoms with Gasteiger partial charge in [0.2, 0.25) is 0 Å². The van der Waals surface area contributed by atoms with Crippen molar-refractivity contribution < 1.29 is 56.5 Å². The topological polar surface area (TPSA) is 262 Å². The van der Waals surface area contributed by atoms with Crippen LogP contribution in [0.3, 0.4) is 0 Å². The summed E-state index contributed by atoms with van der Waals surface area (Å²) in [5.41, 5.74) is 12.2. The lowest BCUT2D eigenvalue weighted by Gasteiger charge is -2.35. The van der Waals surface area contributed by atoms with Gasteiger partial charge in [-0.15, -0.1) is 34.0 Å².